The molecule has 3 atom stereocenters. The van der Waals surface area contributed by atoms with Crippen molar-refractivity contribution in [1.29, 1.82) is 0 Å². The lowest BCUT2D eigenvalue weighted by atomic mass is 10.0. The van der Waals surface area contributed by atoms with Crippen LogP contribution < -0.4 is 0 Å². The summed E-state index contributed by atoms with van der Waals surface area (Å²) in [6.07, 6.45) is -2.92. The van der Waals surface area contributed by atoms with Crippen LogP contribution >= 0.6 is 0 Å². The number of carbonyl (C=O) groups is 1. The Bertz CT molecular complexity index is 192. The van der Waals surface area contributed by atoms with Crippen molar-refractivity contribution in [3.05, 3.63) is 0 Å². The van der Waals surface area contributed by atoms with E-state index in [0.717, 1.165) is 0 Å². The van der Waals surface area contributed by atoms with Crippen LogP contribution in [0.1, 0.15) is 6.42 Å². The Hall–Kier alpha value is -0.690. The van der Waals surface area contributed by atoms with Crippen molar-refractivity contribution in [3.8, 4) is 0 Å². The second-order valence-electron chi connectivity index (χ2n) is 2.74. The molecule has 0 aromatic rings. The van der Waals surface area contributed by atoms with E-state index >= 15 is 0 Å². The Morgan fingerprint density at radius 1 is 1.42 bits per heavy atom. The lowest BCUT2D eigenvalue weighted by Gasteiger charge is -2.33. The van der Waals surface area contributed by atoms with Crippen LogP contribution in [-0.2, 0) is 9.53 Å². The van der Waals surface area contributed by atoms with E-state index in [4.69, 9.17) is 20.4 Å². The fraction of sp³-hybridized carbons (Fsp3) is 0.833. The molecule has 1 saturated heterocycles. The summed E-state index contributed by atoms with van der Waals surface area (Å²) in [4.78, 5) is 10.4. The number of ether oxygens (including phenoxy) is 1. The Kier molecular flexibility index (Phi) is 2.34. The molecule has 1 unspecified atom stereocenters. The number of hydrogen-bond acceptors (Lipinski definition) is 5. The standard InChI is InChI=1S/C6H10O6/c7-3-1-6(11,5(9)10)12-2-4(3)8/h3-4,7-8,11H,1-2H2,(H,9,10)/t3-,4-,6?/m1/s1. The summed E-state index contributed by atoms with van der Waals surface area (Å²) in [6.45, 7) is -0.385. The fourth-order valence-electron chi connectivity index (χ4n) is 0.962. The lowest BCUT2D eigenvalue weighted by molar-refractivity contribution is -0.267. The Balaban J connectivity index is 2.66. The summed E-state index contributed by atoms with van der Waals surface area (Å²) in [5.41, 5.74) is 0. The molecule has 12 heavy (non-hydrogen) atoms. The SMILES string of the molecule is O=C(O)C1(O)C[C@@H](O)[C@H](O)CO1. The van der Waals surface area contributed by atoms with Gasteiger partial charge in [-0.1, -0.05) is 0 Å². The fourth-order valence-corrected chi connectivity index (χ4v) is 0.962. The molecule has 1 aliphatic heterocycles. The molecule has 0 saturated carbocycles. The van der Waals surface area contributed by atoms with E-state index in [0.29, 0.717) is 0 Å². The number of hydrogen-bond donors (Lipinski definition) is 4. The summed E-state index contributed by atoms with van der Waals surface area (Å²) in [6, 6.07) is 0. The van der Waals surface area contributed by atoms with Gasteiger partial charge in [-0.05, 0) is 0 Å². The average molecular weight is 178 g/mol. The predicted molar refractivity (Wildman–Crippen MR) is 35.2 cm³/mol. The van der Waals surface area contributed by atoms with Crippen molar-refractivity contribution < 1.29 is 30.0 Å². The van der Waals surface area contributed by atoms with Crippen LogP contribution in [0.3, 0.4) is 0 Å². The topological polar surface area (TPSA) is 107 Å². The van der Waals surface area contributed by atoms with Crippen molar-refractivity contribution in [2.24, 2.45) is 0 Å². The summed E-state index contributed by atoms with van der Waals surface area (Å²) < 4.78 is 4.46. The van der Waals surface area contributed by atoms with Crippen LogP contribution in [0.2, 0.25) is 0 Å². The minimum atomic E-state index is -2.36. The smallest absolute Gasteiger partial charge is 0.364 e. The van der Waals surface area contributed by atoms with Gasteiger partial charge in [0.15, 0.2) is 0 Å². The van der Waals surface area contributed by atoms with Crippen LogP contribution in [0.15, 0.2) is 0 Å². The van der Waals surface area contributed by atoms with Gasteiger partial charge in [-0.15, -0.1) is 0 Å². The Labute approximate surface area is 68.0 Å². The van der Waals surface area contributed by atoms with Gasteiger partial charge >= 0.3 is 5.97 Å². The quantitative estimate of drug-likeness (QED) is 0.366. The van der Waals surface area contributed by atoms with E-state index in [1.165, 1.54) is 0 Å². The molecule has 1 rings (SSSR count). The molecular formula is C6H10O6. The predicted octanol–water partition coefficient (Wildman–Crippen LogP) is -2.10. The van der Waals surface area contributed by atoms with Crippen molar-refractivity contribution in [1.82, 2.24) is 0 Å². The largest absolute Gasteiger partial charge is 0.477 e. The third kappa shape index (κ3) is 1.56. The van der Waals surface area contributed by atoms with Crippen LogP contribution in [0.4, 0.5) is 0 Å². The molecule has 6 nitrogen and oxygen atoms in total. The zero-order valence-corrected chi connectivity index (χ0v) is 6.17. The minimum Gasteiger partial charge on any atom is -0.477 e. The van der Waals surface area contributed by atoms with Crippen LogP contribution in [-0.4, -0.2) is 51.0 Å². The molecule has 4 N–H and O–H groups in total. The maximum absolute atomic E-state index is 10.4. The van der Waals surface area contributed by atoms with Crippen molar-refractivity contribution in [2.45, 2.75) is 24.4 Å². The first kappa shape index (κ1) is 9.40. The molecule has 1 aliphatic rings. The number of aliphatic hydroxyl groups is 3. The third-order valence-corrected chi connectivity index (χ3v) is 1.76. The van der Waals surface area contributed by atoms with Gasteiger partial charge in [-0.2, -0.15) is 0 Å². The summed E-state index contributed by atoms with van der Waals surface area (Å²) >= 11 is 0. The maximum atomic E-state index is 10.4. The molecule has 70 valence electrons. The highest BCUT2D eigenvalue weighted by atomic mass is 16.7. The average Bonchev–Trinajstić information content (AvgIpc) is 1.97. The number of carboxylic acid groups (broad SMARTS) is 1. The monoisotopic (exact) mass is 178 g/mol. The molecular weight excluding hydrogens is 168 g/mol. The number of aliphatic hydroxyl groups excluding tert-OH is 2. The van der Waals surface area contributed by atoms with Crippen LogP contribution in [0, 0.1) is 0 Å². The van der Waals surface area contributed by atoms with E-state index in [-0.39, 0.29) is 6.61 Å². The first-order valence-electron chi connectivity index (χ1n) is 3.41. The highest BCUT2D eigenvalue weighted by molar-refractivity contribution is 5.75. The van der Waals surface area contributed by atoms with Gasteiger partial charge < -0.3 is 25.2 Å². The number of aliphatic carboxylic acids is 1. The third-order valence-electron chi connectivity index (χ3n) is 1.76. The molecule has 0 aromatic carbocycles. The van der Waals surface area contributed by atoms with E-state index < -0.39 is 30.4 Å². The molecule has 0 radical (unpaired) electrons. The highest BCUT2D eigenvalue weighted by Crippen LogP contribution is 2.22. The zero-order chi connectivity index (χ0) is 9.35. The second-order valence-corrected chi connectivity index (χ2v) is 2.74. The summed E-state index contributed by atoms with van der Waals surface area (Å²) in [5.74, 6) is -3.92. The number of rotatable bonds is 1. The van der Waals surface area contributed by atoms with Gasteiger partial charge in [-0.25, -0.2) is 4.79 Å². The normalized spacial score (nSPS) is 42.6. The molecule has 1 heterocycles. The van der Waals surface area contributed by atoms with Crippen molar-refractivity contribution >= 4 is 5.97 Å². The van der Waals surface area contributed by atoms with Gasteiger partial charge in [0.25, 0.3) is 5.79 Å². The minimum absolute atomic E-state index is 0.385. The van der Waals surface area contributed by atoms with E-state index in [1.54, 1.807) is 0 Å². The molecule has 0 amide bonds. The van der Waals surface area contributed by atoms with Gasteiger partial charge in [0.05, 0.1) is 12.7 Å². The second kappa shape index (κ2) is 2.98. The summed E-state index contributed by atoms with van der Waals surface area (Å²) in [7, 11) is 0. The van der Waals surface area contributed by atoms with Crippen molar-refractivity contribution in [3.63, 3.8) is 0 Å². The summed E-state index contributed by atoms with van der Waals surface area (Å²) in [5, 5.41) is 35.5. The molecule has 0 bridgehead atoms. The molecule has 0 spiro atoms. The highest BCUT2D eigenvalue weighted by Gasteiger charge is 2.45. The lowest BCUT2D eigenvalue weighted by Crippen LogP contribution is -2.53. The van der Waals surface area contributed by atoms with Gasteiger partial charge in [-0.3, -0.25) is 0 Å². The van der Waals surface area contributed by atoms with Crippen LogP contribution in [0.5, 0.6) is 0 Å². The van der Waals surface area contributed by atoms with Crippen molar-refractivity contribution in [2.75, 3.05) is 6.61 Å². The van der Waals surface area contributed by atoms with E-state index in [1.807, 2.05) is 0 Å². The first-order valence-corrected chi connectivity index (χ1v) is 3.41. The Morgan fingerprint density at radius 3 is 2.42 bits per heavy atom. The zero-order valence-electron chi connectivity index (χ0n) is 6.17. The van der Waals surface area contributed by atoms with Gasteiger partial charge in [0.2, 0.25) is 0 Å². The Morgan fingerprint density at radius 2 is 2.00 bits per heavy atom. The van der Waals surface area contributed by atoms with Crippen LogP contribution in [0.25, 0.3) is 0 Å². The maximum Gasteiger partial charge on any atom is 0.364 e. The van der Waals surface area contributed by atoms with E-state index in [9.17, 15) is 4.79 Å². The van der Waals surface area contributed by atoms with Gasteiger partial charge in [0.1, 0.15) is 6.10 Å². The molecule has 0 aliphatic carbocycles. The molecule has 1 fully saturated rings. The van der Waals surface area contributed by atoms with Gasteiger partial charge in [0, 0.05) is 6.42 Å². The molecule has 6 heteroatoms. The van der Waals surface area contributed by atoms with E-state index in [2.05, 4.69) is 4.74 Å². The number of carboxylic acids is 1. The first-order chi connectivity index (χ1) is 5.46. The molecule has 0 aromatic heterocycles.